The van der Waals surface area contributed by atoms with E-state index in [1.54, 1.807) is 6.07 Å². The zero-order valence-electron chi connectivity index (χ0n) is 6.12. The quantitative estimate of drug-likeness (QED) is 0.654. The molecule has 4 nitrogen and oxygen atoms in total. The number of halogens is 2. The first kappa shape index (κ1) is 7.76. The van der Waals surface area contributed by atoms with Crippen LogP contribution in [0.3, 0.4) is 0 Å². The Balaban J connectivity index is 2.87. The van der Waals surface area contributed by atoms with Gasteiger partial charge in [0.2, 0.25) is 5.28 Å². The van der Waals surface area contributed by atoms with Crippen molar-refractivity contribution in [2.75, 3.05) is 0 Å². The first-order valence-corrected chi connectivity index (χ1v) is 3.98. The molecule has 0 aliphatic heterocycles. The van der Waals surface area contributed by atoms with E-state index in [2.05, 4.69) is 15.3 Å². The molecule has 0 radical (unpaired) electrons. The fourth-order valence-electron chi connectivity index (χ4n) is 0.874. The smallest absolute Gasteiger partial charge is 0.182 e. The van der Waals surface area contributed by atoms with Gasteiger partial charge < -0.3 is 0 Å². The lowest BCUT2D eigenvalue weighted by Gasteiger charge is -1.96. The monoisotopic (exact) mass is 202 g/mol. The second-order valence-electron chi connectivity index (χ2n) is 2.36. The minimum atomic E-state index is 0.215. The van der Waals surface area contributed by atoms with Crippen molar-refractivity contribution < 1.29 is 0 Å². The van der Waals surface area contributed by atoms with Crippen LogP contribution in [0.15, 0.2) is 6.07 Å². The van der Waals surface area contributed by atoms with Crippen LogP contribution in [0.25, 0.3) is 5.65 Å². The SMILES string of the molecule is Cc1cc2nnc(Cl)n2nc1Cl. The maximum atomic E-state index is 5.77. The molecule has 0 N–H and O–H groups in total. The molecule has 0 saturated heterocycles. The van der Waals surface area contributed by atoms with Crippen molar-refractivity contribution in [2.45, 2.75) is 6.92 Å². The molecule has 12 heavy (non-hydrogen) atoms. The maximum Gasteiger partial charge on any atom is 0.246 e. The van der Waals surface area contributed by atoms with E-state index in [0.29, 0.717) is 10.8 Å². The van der Waals surface area contributed by atoms with E-state index in [9.17, 15) is 0 Å². The minimum absolute atomic E-state index is 0.215. The van der Waals surface area contributed by atoms with E-state index in [1.807, 2.05) is 6.92 Å². The van der Waals surface area contributed by atoms with Crippen LogP contribution in [0.2, 0.25) is 10.4 Å². The highest BCUT2D eigenvalue weighted by Gasteiger charge is 2.05. The zero-order chi connectivity index (χ0) is 8.72. The average Bonchev–Trinajstić information content (AvgIpc) is 2.35. The molecule has 2 aromatic heterocycles. The van der Waals surface area contributed by atoms with Gasteiger partial charge in [0, 0.05) is 0 Å². The molecule has 2 heterocycles. The first-order chi connectivity index (χ1) is 5.68. The Hall–Kier alpha value is -0.870. The largest absolute Gasteiger partial charge is 0.246 e. The lowest BCUT2D eigenvalue weighted by atomic mass is 10.3. The lowest BCUT2D eigenvalue weighted by Crippen LogP contribution is -1.93. The third-order valence-corrected chi connectivity index (χ3v) is 2.09. The Kier molecular flexibility index (Phi) is 1.66. The molecule has 0 unspecified atom stereocenters. The summed E-state index contributed by atoms with van der Waals surface area (Å²) >= 11 is 11.4. The zero-order valence-corrected chi connectivity index (χ0v) is 7.63. The molecule has 0 fully saturated rings. The van der Waals surface area contributed by atoms with Gasteiger partial charge in [0.05, 0.1) is 0 Å². The second-order valence-corrected chi connectivity index (χ2v) is 3.05. The van der Waals surface area contributed by atoms with Crippen LogP contribution in [-0.4, -0.2) is 19.8 Å². The summed E-state index contributed by atoms with van der Waals surface area (Å²) in [6.45, 7) is 1.85. The Morgan fingerprint density at radius 2 is 2.08 bits per heavy atom. The summed E-state index contributed by atoms with van der Waals surface area (Å²) in [7, 11) is 0. The van der Waals surface area contributed by atoms with Gasteiger partial charge in [0.25, 0.3) is 0 Å². The molecule has 0 aliphatic carbocycles. The topological polar surface area (TPSA) is 43.1 Å². The van der Waals surface area contributed by atoms with Gasteiger partial charge in [-0.15, -0.1) is 10.2 Å². The highest BCUT2D eigenvalue weighted by Crippen LogP contribution is 2.14. The summed E-state index contributed by atoms with van der Waals surface area (Å²) in [5, 5.41) is 12.0. The fraction of sp³-hybridized carbons (Fsp3) is 0.167. The summed E-state index contributed by atoms with van der Waals surface area (Å²) in [5.74, 6) is 0. The predicted octanol–water partition coefficient (Wildman–Crippen LogP) is 1.74. The molecule has 62 valence electrons. The normalized spacial score (nSPS) is 10.9. The Morgan fingerprint density at radius 3 is 2.83 bits per heavy atom. The summed E-state index contributed by atoms with van der Waals surface area (Å²) in [6.07, 6.45) is 0. The van der Waals surface area contributed by atoms with Gasteiger partial charge in [-0.05, 0) is 30.2 Å². The average molecular weight is 203 g/mol. The van der Waals surface area contributed by atoms with Crippen molar-refractivity contribution in [3.05, 3.63) is 22.1 Å². The number of aromatic nitrogens is 4. The standard InChI is InChI=1S/C6H4Cl2N4/c1-3-2-4-9-10-6(8)12(4)11-5(3)7/h2H,1H3. The molecular formula is C6H4Cl2N4. The number of hydrogen-bond acceptors (Lipinski definition) is 3. The molecule has 2 aromatic rings. The fourth-order valence-corrected chi connectivity index (χ4v) is 1.17. The van der Waals surface area contributed by atoms with Crippen molar-refractivity contribution in [1.82, 2.24) is 19.8 Å². The number of aryl methyl sites for hydroxylation is 1. The van der Waals surface area contributed by atoms with Gasteiger partial charge in [0.15, 0.2) is 10.8 Å². The minimum Gasteiger partial charge on any atom is -0.182 e. The predicted molar refractivity (Wildman–Crippen MR) is 45.5 cm³/mol. The van der Waals surface area contributed by atoms with Crippen LogP contribution in [0.4, 0.5) is 0 Å². The van der Waals surface area contributed by atoms with Crippen LogP contribution < -0.4 is 0 Å². The van der Waals surface area contributed by atoms with Crippen LogP contribution in [0.5, 0.6) is 0 Å². The highest BCUT2D eigenvalue weighted by molar-refractivity contribution is 6.30. The van der Waals surface area contributed by atoms with Gasteiger partial charge in [-0.1, -0.05) is 11.6 Å². The van der Waals surface area contributed by atoms with Crippen molar-refractivity contribution in [2.24, 2.45) is 0 Å². The number of fused-ring (bicyclic) bond motifs is 1. The van der Waals surface area contributed by atoms with Crippen molar-refractivity contribution in [1.29, 1.82) is 0 Å². The van der Waals surface area contributed by atoms with E-state index in [0.717, 1.165) is 5.56 Å². The first-order valence-electron chi connectivity index (χ1n) is 3.22. The molecule has 0 atom stereocenters. The molecule has 0 bridgehead atoms. The van der Waals surface area contributed by atoms with Gasteiger partial charge in [-0.25, -0.2) is 0 Å². The molecule has 0 amide bonds. The van der Waals surface area contributed by atoms with Gasteiger partial charge in [0.1, 0.15) is 0 Å². The van der Waals surface area contributed by atoms with E-state index in [1.165, 1.54) is 4.52 Å². The molecule has 0 saturated carbocycles. The lowest BCUT2D eigenvalue weighted by molar-refractivity contribution is 0.920. The molecule has 0 aromatic carbocycles. The van der Waals surface area contributed by atoms with Crippen molar-refractivity contribution in [3.63, 3.8) is 0 Å². The summed E-state index contributed by atoms with van der Waals surface area (Å²) in [6, 6.07) is 1.77. The Bertz CT molecular complexity index is 436. The third kappa shape index (κ3) is 1.04. The van der Waals surface area contributed by atoms with Crippen molar-refractivity contribution >= 4 is 28.8 Å². The van der Waals surface area contributed by atoms with E-state index >= 15 is 0 Å². The molecular weight excluding hydrogens is 199 g/mol. The number of hydrogen-bond donors (Lipinski definition) is 0. The highest BCUT2D eigenvalue weighted by atomic mass is 35.5. The third-order valence-electron chi connectivity index (χ3n) is 1.49. The Labute approximate surface area is 78.1 Å². The van der Waals surface area contributed by atoms with Crippen molar-refractivity contribution in [3.8, 4) is 0 Å². The second kappa shape index (κ2) is 2.57. The van der Waals surface area contributed by atoms with E-state index in [-0.39, 0.29) is 5.28 Å². The van der Waals surface area contributed by atoms with Gasteiger partial charge in [-0.2, -0.15) is 9.61 Å². The van der Waals surface area contributed by atoms with E-state index < -0.39 is 0 Å². The van der Waals surface area contributed by atoms with Crippen LogP contribution in [0.1, 0.15) is 5.56 Å². The van der Waals surface area contributed by atoms with Crippen LogP contribution in [0, 0.1) is 6.92 Å². The van der Waals surface area contributed by atoms with Crippen LogP contribution in [-0.2, 0) is 0 Å². The van der Waals surface area contributed by atoms with Crippen LogP contribution >= 0.6 is 23.2 Å². The van der Waals surface area contributed by atoms with Gasteiger partial charge in [-0.3, -0.25) is 0 Å². The summed E-state index contributed by atoms with van der Waals surface area (Å²) < 4.78 is 1.39. The molecule has 2 rings (SSSR count). The van der Waals surface area contributed by atoms with E-state index in [4.69, 9.17) is 23.2 Å². The summed E-state index contributed by atoms with van der Waals surface area (Å²) in [4.78, 5) is 0. The Morgan fingerprint density at radius 1 is 1.33 bits per heavy atom. The number of rotatable bonds is 0. The molecule has 0 aliphatic rings. The maximum absolute atomic E-state index is 5.77. The number of nitrogens with zero attached hydrogens (tertiary/aromatic N) is 4. The summed E-state index contributed by atoms with van der Waals surface area (Å²) in [5.41, 5.74) is 1.45. The molecule has 6 heteroatoms. The molecule has 0 spiro atoms. The van der Waals surface area contributed by atoms with Gasteiger partial charge >= 0.3 is 0 Å².